The quantitative estimate of drug-likeness (QED) is 0.343. The van der Waals surface area contributed by atoms with Gasteiger partial charge in [-0.05, 0) is 48.2 Å². The zero-order chi connectivity index (χ0) is 23.1. The van der Waals surface area contributed by atoms with Gasteiger partial charge < -0.3 is 10.3 Å². The average molecular weight is 465 g/mol. The second-order valence-electron chi connectivity index (χ2n) is 7.75. The minimum Gasteiger partial charge on any atom is -0.341 e. The molecule has 4 aromatic heterocycles. The van der Waals surface area contributed by atoms with Gasteiger partial charge in [0, 0.05) is 39.6 Å². The molecule has 0 spiro atoms. The van der Waals surface area contributed by atoms with Crippen LogP contribution in [0.2, 0.25) is 5.02 Å². The molecule has 0 saturated heterocycles. The van der Waals surface area contributed by atoms with Crippen LogP contribution in [-0.2, 0) is 0 Å². The summed E-state index contributed by atoms with van der Waals surface area (Å²) in [7, 11) is 0. The highest BCUT2D eigenvalue weighted by atomic mass is 35.5. The summed E-state index contributed by atoms with van der Waals surface area (Å²) in [6.45, 7) is 2.07. The lowest BCUT2D eigenvalue weighted by Gasteiger charge is -2.15. The molecule has 6 rings (SSSR count). The van der Waals surface area contributed by atoms with Gasteiger partial charge in [-0.25, -0.2) is 29.9 Å². The van der Waals surface area contributed by atoms with Crippen molar-refractivity contribution >= 4 is 45.0 Å². The number of rotatable bonds is 4. The molecule has 2 N–H and O–H groups in total. The fraction of sp³-hybridized carbons (Fsp3) is 0.0400. The molecule has 0 atom stereocenters. The molecule has 164 valence electrons. The Hall–Kier alpha value is -4.43. The van der Waals surface area contributed by atoms with Crippen molar-refractivity contribution in [3.63, 3.8) is 0 Å². The van der Waals surface area contributed by atoms with Crippen molar-refractivity contribution in [1.29, 1.82) is 0 Å². The standard InChI is InChI=1S/C25H17ClN8/c1-14-2-7-18-17(8-9-28-24(18)34-16-5-3-15(26)4-6-16)20(14)21-19(10-27-11-29-21)22-23-25(32-12-30-22)33-13-31-23/h2-13H,1H3,(H,28,34)(H,30,31,32,33). The van der Waals surface area contributed by atoms with Crippen LogP contribution in [0, 0.1) is 6.92 Å². The minimum atomic E-state index is 0.591. The number of nitrogens with one attached hydrogen (secondary N) is 2. The molecule has 6 aromatic rings. The third-order valence-electron chi connectivity index (χ3n) is 5.69. The Kier molecular flexibility index (Phi) is 4.85. The molecular weight excluding hydrogens is 448 g/mol. The summed E-state index contributed by atoms with van der Waals surface area (Å²) in [6.07, 6.45) is 8.23. The Morgan fingerprint density at radius 1 is 0.824 bits per heavy atom. The fourth-order valence-corrected chi connectivity index (χ4v) is 4.25. The lowest BCUT2D eigenvalue weighted by Crippen LogP contribution is -1.99. The average Bonchev–Trinajstić information content (AvgIpc) is 3.35. The van der Waals surface area contributed by atoms with Crippen molar-refractivity contribution in [2.24, 2.45) is 0 Å². The number of anilines is 2. The van der Waals surface area contributed by atoms with Crippen molar-refractivity contribution in [2.75, 3.05) is 5.32 Å². The maximum atomic E-state index is 6.04. The Balaban J connectivity index is 1.56. The maximum absolute atomic E-state index is 6.04. The van der Waals surface area contributed by atoms with Crippen molar-refractivity contribution in [2.45, 2.75) is 6.92 Å². The van der Waals surface area contributed by atoms with Crippen molar-refractivity contribution in [3.8, 4) is 22.5 Å². The van der Waals surface area contributed by atoms with Gasteiger partial charge in [0.2, 0.25) is 0 Å². The van der Waals surface area contributed by atoms with Crippen molar-refractivity contribution < 1.29 is 0 Å². The lowest BCUT2D eigenvalue weighted by atomic mass is 9.94. The van der Waals surface area contributed by atoms with Gasteiger partial charge in [0.25, 0.3) is 0 Å². The number of nitrogens with zero attached hydrogens (tertiary/aromatic N) is 6. The van der Waals surface area contributed by atoms with Crippen LogP contribution < -0.4 is 5.32 Å². The molecule has 4 heterocycles. The second-order valence-corrected chi connectivity index (χ2v) is 8.19. The van der Waals surface area contributed by atoms with Gasteiger partial charge in [-0.15, -0.1) is 0 Å². The Morgan fingerprint density at radius 2 is 1.68 bits per heavy atom. The first kappa shape index (κ1) is 20.2. The van der Waals surface area contributed by atoms with Gasteiger partial charge in [-0.2, -0.15) is 0 Å². The number of hydrogen-bond donors (Lipinski definition) is 2. The summed E-state index contributed by atoms with van der Waals surface area (Å²) in [6, 6.07) is 13.7. The number of aryl methyl sites for hydroxylation is 1. The van der Waals surface area contributed by atoms with E-state index in [4.69, 9.17) is 11.6 Å². The summed E-state index contributed by atoms with van der Waals surface area (Å²) in [5.41, 5.74) is 6.56. The monoisotopic (exact) mass is 464 g/mol. The number of hydrogen-bond acceptors (Lipinski definition) is 7. The van der Waals surface area contributed by atoms with Crippen LogP contribution in [0.15, 0.2) is 73.8 Å². The van der Waals surface area contributed by atoms with E-state index in [0.717, 1.165) is 50.2 Å². The van der Waals surface area contributed by atoms with Crippen molar-refractivity contribution in [1.82, 2.24) is 34.9 Å². The van der Waals surface area contributed by atoms with E-state index in [1.165, 1.54) is 6.33 Å². The molecule has 0 unspecified atom stereocenters. The number of halogens is 1. The predicted octanol–water partition coefficient (Wildman–Crippen LogP) is 5.73. The highest BCUT2D eigenvalue weighted by molar-refractivity contribution is 6.30. The Labute approximate surface area is 199 Å². The second kappa shape index (κ2) is 8.17. The molecule has 0 amide bonds. The van der Waals surface area contributed by atoms with E-state index in [1.54, 1.807) is 25.0 Å². The third-order valence-corrected chi connectivity index (χ3v) is 5.94. The van der Waals surface area contributed by atoms with Gasteiger partial charge in [0.05, 0.1) is 12.0 Å². The number of aromatic nitrogens is 7. The lowest BCUT2D eigenvalue weighted by molar-refractivity contribution is 1.15. The minimum absolute atomic E-state index is 0.591. The van der Waals surface area contributed by atoms with Gasteiger partial charge in [0.15, 0.2) is 5.65 Å². The van der Waals surface area contributed by atoms with Crippen LogP contribution in [-0.4, -0.2) is 34.9 Å². The molecule has 0 aliphatic carbocycles. The number of benzene rings is 2. The molecule has 8 nitrogen and oxygen atoms in total. The summed E-state index contributed by atoms with van der Waals surface area (Å²) in [5, 5.41) is 6.07. The highest BCUT2D eigenvalue weighted by Crippen LogP contribution is 2.38. The van der Waals surface area contributed by atoms with E-state index in [-0.39, 0.29) is 0 Å². The molecule has 0 aliphatic heterocycles. The fourth-order valence-electron chi connectivity index (χ4n) is 4.12. The number of H-pyrrole nitrogens is 1. The van der Waals surface area contributed by atoms with Crippen LogP contribution in [0.3, 0.4) is 0 Å². The molecule has 0 fully saturated rings. The number of pyridine rings is 1. The largest absolute Gasteiger partial charge is 0.341 e. The molecule has 34 heavy (non-hydrogen) atoms. The van der Waals surface area contributed by atoms with E-state index in [9.17, 15) is 0 Å². The van der Waals surface area contributed by atoms with Crippen LogP contribution in [0.5, 0.6) is 0 Å². The van der Waals surface area contributed by atoms with Crippen LogP contribution in [0.25, 0.3) is 44.5 Å². The van der Waals surface area contributed by atoms with Gasteiger partial charge in [-0.3, -0.25) is 0 Å². The van der Waals surface area contributed by atoms with E-state index in [1.807, 2.05) is 30.3 Å². The van der Waals surface area contributed by atoms with E-state index >= 15 is 0 Å². The number of aromatic amines is 1. The Bertz CT molecular complexity index is 1660. The van der Waals surface area contributed by atoms with E-state index in [0.29, 0.717) is 16.4 Å². The van der Waals surface area contributed by atoms with Crippen molar-refractivity contribution in [3.05, 3.63) is 84.4 Å². The topological polar surface area (TPSA) is 105 Å². The summed E-state index contributed by atoms with van der Waals surface area (Å²) >= 11 is 6.04. The summed E-state index contributed by atoms with van der Waals surface area (Å²) < 4.78 is 0. The first-order valence-electron chi connectivity index (χ1n) is 10.5. The summed E-state index contributed by atoms with van der Waals surface area (Å²) in [4.78, 5) is 29.7. The SMILES string of the molecule is Cc1ccc2c(Nc3ccc(Cl)cc3)nccc2c1-c1ncncc1-c1ncnc2nc[nH]c12. The van der Waals surface area contributed by atoms with Gasteiger partial charge in [-0.1, -0.05) is 23.7 Å². The number of fused-ring (bicyclic) bond motifs is 2. The molecule has 0 bridgehead atoms. The number of imidazole rings is 1. The molecular formula is C25H17ClN8. The maximum Gasteiger partial charge on any atom is 0.181 e. The van der Waals surface area contributed by atoms with Crippen LogP contribution >= 0.6 is 11.6 Å². The predicted molar refractivity (Wildman–Crippen MR) is 133 cm³/mol. The van der Waals surface area contributed by atoms with E-state index in [2.05, 4.69) is 59.3 Å². The first-order chi connectivity index (χ1) is 16.7. The molecule has 9 heteroatoms. The first-order valence-corrected chi connectivity index (χ1v) is 10.9. The highest BCUT2D eigenvalue weighted by Gasteiger charge is 2.19. The normalized spacial score (nSPS) is 11.2. The smallest absolute Gasteiger partial charge is 0.181 e. The summed E-state index contributed by atoms with van der Waals surface area (Å²) in [5.74, 6) is 0.745. The molecule has 0 radical (unpaired) electrons. The third kappa shape index (κ3) is 3.41. The molecule has 0 aliphatic rings. The molecule has 2 aromatic carbocycles. The van der Waals surface area contributed by atoms with Crippen LogP contribution in [0.4, 0.5) is 11.5 Å². The zero-order valence-electron chi connectivity index (χ0n) is 18.0. The molecule has 0 saturated carbocycles. The zero-order valence-corrected chi connectivity index (χ0v) is 18.7. The van der Waals surface area contributed by atoms with Gasteiger partial charge in [0.1, 0.15) is 29.7 Å². The van der Waals surface area contributed by atoms with E-state index < -0.39 is 0 Å². The van der Waals surface area contributed by atoms with Crippen LogP contribution in [0.1, 0.15) is 5.56 Å². The Morgan fingerprint density at radius 3 is 2.56 bits per heavy atom. The van der Waals surface area contributed by atoms with Gasteiger partial charge >= 0.3 is 0 Å².